The third kappa shape index (κ3) is 12.4. The van der Waals surface area contributed by atoms with Crippen LogP contribution in [-0.2, 0) is 34.2 Å². The van der Waals surface area contributed by atoms with E-state index in [9.17, 15) is 20.4 Å². The number of aryl methyl sites for hydroxylation is 6. The predicted molar refractivity (Wildman–Crippen MR) is 246 cm³/mol. The number of piperidine rings is 3. The zero-order valence-corrected chi connectivity index (χ0v) is 42.0. The quantitative estimate of drug-likeness (QED) is 0.190. The molecule has 0 saturated carbocycles. The molecule has 3 aromatic rings. The minimum absolute atomic E-state index is 0.151. The van der Waals surface area contributed by atoms with Crippen molar-refractivity contribution in [2.75, 3.05) is 0 Å². The van der Waals surface area contributed by atoms with Gasteiger partial charge in [-0.2, -0.15) is 15.2 Å². The number of thiophene rings is 1. The molecule has 6 rings (SSSR count). The first kappa shape index (κ1) is 51.1. The fraction of sp³-hybridized carbons (Fsp3) is 0.735. The number of rotatable bonds is 8. The van der Waals surface area contributed by atoms with Crippen LogP contribution in [0.5, 0.6) is 0 Å². The zero-order valence-electron chi connectivity index (χ0n) is 41.2. The van der Waals surface area contributed by atoms with Crippen LogP contribution in [0.4, 0.5) is 0 Å². The van der Waals surface area contributed by atoms with Crippen molar-refractivity contribution in [2.45, 2.75) is 222 Å². The normalized spacial score (nSPS) is 22.8. The molecule has 3 N–H and O–H groups in total. The summed E-state index contributed by atoms with van der Waals surface area (Å²) >= 11 is 1.73. The van der Waals surface area contributed by atoms with Crippen LogP contribution in [0.3, 0.4) is 0 Å². The number of hydroxylamine groups is 6. The van der Waals surface area contributed by atoms with Gasteiger partial charge in [-0.05, 0) is 199 Å². The Morgan fingerprint density at radius 2 is 0.984 bits per heavy atom. The van der Waals surface area contributed by atoms with E-state index < -0.39 is 11.1 Å². The number of nitrogens with zero attached hydrogens (tertiary/aromatic N) is 5. The molecule has 0 bridgehead atoms. The van der Waals surface area contributed by atoms with E-state index in [0.29, 0.717) is 32.1 Å². The lowest BCUT2D eigenvalue weighted by atomic mass is 9.75. The van der Waals surface area contributed by atoms with E-state index in [1.54, 1.807) is 16.4 Å². The van der Waals surface area contributed by atoms with Crippen molar-refractivity contribution in [3.05, 3.63) is 68.4 Å². The Kier molecular flexibility index (Phi) is 15.8. The van der Waals surface area contributed by atoms with Crippen molar-refractivity contribution >= 4 is 17.3 Å². The molecule has 0 radical (unpaired) electrons. The summed E-state index contributed by atoms with van der Waals surface area (Å²) in [5.41, 5.74) is 4.53. The first-order valence-corrected chi connectivity index (χ1v) is 23.2. The molecule has 3 saturated heterocycles. The summed E-state index contributed by atoms with van der Waals surface area (Å²) in [5.74, 6) is 0.282. The minimum atomic E-state index is -0.430. The van der Waals surface area contributed by atoms with Crippen molar-refractivity contribution in [2.24, 2.45) is 11.8 Å². The van der Waals surface area contributed by atoms with Crippen LogP contribution in [0.15, 0.2) is 30.3 Å². The van der Waals surface area contributed by atoms with Crippen LogP contribution in [0, 0.1) is 53.4 Å². The average molecular weight is 870 g/mol. The molecule has 3 aliphatic heterocycles. The van der Waals surface area contributed by atoms with E-state index in [-0.39, 0.29) is 40.1 Å². The number of esters is 1. The number of ether oxygens (including phenoxy) is 2. The molecule has 6 heterocycles. The van der Waals surface area contributed by atoms with Crippen LogP contribution in [-0.4, -0.2) is 85.3 Å². The maximum Gasteiger partial charge on any atom is 0.309 e. The molecule has 61 heavy (non-hydrogen) atoms. The highest BCUT2D eigenvalue weighted by Crippen LogP contribution is 2.42. The van der Waals surface area contributed by atoms with Crippen LogP contribution < -0.4 is 0 Å². The van der Waals surface area contributed by atoms with Gasteiger partial charge in [-0.25, -0.2) is 0 Å². The molecule has 3 fully saturated rings. The third-order valence-electron chi connectivity index (χ3n) is 13.5. The summed E-state index contributed by atoms with van der Waals surface area (Å²) in [6.45, 7) is 39.3. The van der Waals surface area contributed by atoms with Crippen molar-refractivity contribution in [1.82, 2.24) is 24.3 Å². The van der Waals surface area contributed by atoms with Gasteiger partial charge in [-0.1, -0.05) is 0 Å². The molecular weight excluding hydrogens is 787 g/mol. The van der Waals surface area contributed by atoms with E-state index in [1.165, 1.54) is 42.7 Å². The van der Waals surface area contributed by atoms with Crippen molar-refractivity contribution in [3.63, 3.8) is 0 Å². The van der Waals surface area contributed by atoms with Crippen LogP contribution in [0.2, 0.25) is 0 Å². The Labute approximate surface area is 372 Å². The molecule has 0 aliphatic carbocycles. The summed E-state index contributed by atoms with van der Waals surface area (Å²) in [7, 11) is 0. The van der Waals surface area contributed by atoms with Gasteiger partial charge in [-0.15, -0.1) is 11.3 Å². The monoisotopic (exact) mass is 870 g/mol. The lowest BCUT2D eigenvalue weighted by Gasteiger charge is -2.51. The zero-order chi connectivity index (χ0) is 46.3. The lowest BCUT2D eigenvalue weighted by molar-refractivity contribution is -0.263. The van der Waals surface area contributed by atoms with Gasteiger partial charge < -0.3 is 34.2 Å². The Hall–Kier alpha value is -2.55. The fourth-order valence-electron chi connectivity index (χ4n) is 10.8. The highest BCUT2D eigenvalue weighted by Gasteiger charge is 2.48. The second-order valence-corrected chi connectivity index (χ2v) is 23.8. The molecule has 11 nitrogen and oxygen atoms in total. The predicted octanol–water partition coefficient (Wildman–Crippen LogP) is 11.3. The van der Waals surface area contributed by atoms with Crippen molar-refractivity contribution in [3.8, 4) is 0 Å². The topological polar surface area (TPSA) is 116 Å². The van der Waals surface area contributed by atoms with Crippen LogP contribution >= 0.6 is 11.3 Å². The smallest absolute Gasteiger partial charge is 0.309 e. The van der Waals surface area contributed by atoms with Gasteiger partial charge in [0.15, 0.2) is 0 Å². The maximum absolute atomic E-state index is 12.5. The van der Waals surface area contributed by atoms with Crippen molar-refractivity contribution in [1.29, 1.82) is 0 Å². The molecule has 0 atom stereocenters. The largest absolute Gasteiger partial charge is 0.461 e. The standard InChI is InChI=1S/C17H27NO3S.C16H28N2O2.C16H28N2O/c1-11-7-13(12(2)22-11)10-21-15(19)14-8-16(3,4)18(20)17(5,6)9-14;1-12-7-8-13(2)17(12)11-20-14-9-15(3,4)18(19)16(5,6)10-14;1-12-7-8-13(2)17(12)11-14-9-15(3,4)18(19)16(5,6)10-14/h7,14,20H,8-10H2,1-6H3;7-8,14,19H,9-11H2,1-6H3;7-8,14,19H,9-11H2,1-6H3. The highest BCUT2D eigenvalue weighted by molar-refractivity contribution is 7.12. The van der Waals surface area contributed by atoms with E-state index in [0.717, 1.165) is 37.8 Å². The molecule has 3 aliphatic rings. The van der Waals surface area contributed by atoms with E-state index in [4.69, 9.17) is 9.47 Å². The summed E-state index contributed by atoms with van der Waals surface area (Å²) in [5, 5.41) is 35.4. The molecule has 0 spiro atoms. The number of carbonyl (C=O) groups is 1. The van der Waals surface area contributed by atoms with Crippen LogP contribution in [0.1, 0.15) is 160 Å². The summed E-state index contributed by atoms with van der Waals surface area (Å²) < 4.78 is 16.3. The maximum atomic E-state index is 12.5. The Balaban J connectivity index is 0.000000202. The molecule has 0 aromatic carbocycles. The number of hydrogen-bond donors (Lipinski definition) is 3. The van der Waals surface area contributed by atoms with E-state index in [2.05, 4.69) is 136 Å². The molecule has 3 aromatic heterocycles. The second kappa shape index (κ2) is 18.9. The van der Waals surface area contributed by atoms with E-state index >= 15 is 0 Å². The van der Waals surface area contributed by atoms with Crippen molar-refractivity contribution < 1.29 is 29.9 Å². The SMILES string of the molecule is Cc1cc(COC(=O)C2CC(C)(C)N(O)C(C)(C)C2)c(C)s1.Cc1ccc(C)n1CC1CC(C)(C)N(O)C(C)(C)C1.Cc1ccc(C)n1COC1CC(C)(C)N(O)C(C)(C)C1. The summed E-state index contributed by atoms with van der Waals surface area (Å²) in [6.07, 6.45) is 5.12. The second-order valence-electron chi connectivity index (χ2n) is 22.3. The fourth-order valence-corrected chi connectivity index (χ4v) is 11.7. The Morgan fingerprint density at radius 1 is 0.607 bits per heavy atom. The Morgan fingerprint density at radius 3 is 1.38 bits per heavy atom. The van der Waals surface area contributed by atoms with Crippen LogP contribution in [0.25, 0.3) is 0 Å². The molecular formula is C49H83N5O6S. The number of hydrogen-bond acceptors (Lipinski definition) is 10. The third-order valence-corrected chi connectivity index (χ3v) is 14.5. The van der Waals surface area contributed by atoms with Gasteiger partial charge in [0.05, 0.1) is 12.0 Å². The molecule has 12 heteroatoms. The summed E-state index contributed by atoms with van der Waals surface area (Å²) in [6, 6.07) is 10.7. The number of carbonyl (C=O) groups excluding carboxylic acids is 1. The van der Waals surface area contributed by atoms with Gasteiger partial charge in [-0.3, -0.25) is 4.79 Å². The molecule has 346 valence electrons. The first-order valence-electron chi connectivity index (χ1n) is 22.4. The average Bonchev–Trinajstić information content (AvgIpc) is 3.75. The van der Waals surface area contributed by atoms with Gasteiger partial charge in [0.25, 0.3) is 0 Å². The summed E-state index contributed by atoms with van der Waals surface area (Å²) in [4.78, 5) is 14.9. The van der Waals surface area contributed by atoms with Gasteiger partial charge in [0.2, 0.25) is 0 Å². The minimum Gasteiger partial charge on any atom is -0.461 e. The lowest BCUT2D eigenvalue weighted by Crippen LogP contribution is -2.60. The first-order chi connectivity index (χ1) is 27.8. The Bertz CT molecular complexity index is 1840. The van der Waals surface area contributed by atoms with Gasteiger partial charge >= 0.3 is 5.97 Å². The van der Waals surface area contributed by atoms with E-state index in [1.807, 2.05) is 27.7 Å². The molecule has 0 amide bonds. The van der Waals surface area contributed by atoms with Gasteiger partial charge in [0.1, 0.15) is 13.3 Å². The molecule has 0 unspecified atom stereocenters. The number of aromatic nitrogens is 2. The van der Waals surface area contributed by atoms with Gasteiger partial charge in [0, 0.05) is 77.9 Å². The highest BCUT2D eigenvalue weighted by atomic mass is 32.1.